The summed E-state index contributed by atoms with van der Waals surface area (Å²) in [5, 5.41) is 16.3. The minimum atomic E-state index is -1.09. The summed E-state index contributed by atoms with van der Waals surface area (Å²) in [7, 11) is 0. The zero-order valence-electron chi connectivity index (χ0n) is 9.57. The number of ether oxygens (including phenoxy) is 1. The number of hydrogen-bond donors (Lipinski definition) is 2. The molecular weight excluding hydrogens is 270 g/mol. The Kier molecular flexibility index (Phi) is 4.04. The minimum absolute atomic E-state index is 0.193. The number of carbonyl (C=O) groups is 2. The summed E-state index contributed by atoms with van der Waals surface area (Å²) >= 11 is 1.07. The molecule has 0 aliphatic rings. The Morgan fingerprint density at radius 3 is 2.84 bits per heavy atom. The molecule has 2 aromatic rings. The quantitative estimate of drug-likeness (QED) is 0.854. The summed E-state index contributed by atoms with van der Waals surface area (Å²) in [6.07, 6.45) is 0. The lowest BCUT2D eigenvalue weighted by Gasteiger charge is -2.10. The first-order chi connectivity index (χ1) is 9.16. The number of aromatic nitrogens is 2. The molecule has 0 fully saturated rings. The standard InChI is InChI=1S/C11H9N3O4S/c15-10(16)5-18-9-4-2-1-3-7(9)12-11(17)8-6-19-14-13-8/h1-4,6H,5H2,(H,12,17)(H,15,16). The van der Waals surface area contributed by atoms with Crippen molar-refractivity contribution >= 4 is 29.1 Å². The molecule has 98 valence electrons. The van der Waals surface area contributed by atoms with Crippen LogP contribution in [0, 0.1) is 0 Å². The second-order valence-electron chi connectivity index (χ2n) is 3.42. The Balaban J connectivity index is 2.11. The van der Waals surface area contributed by atoms with Gasteiger partial charge >= 0.3 is 5.97 Å². The van der Waals surface area contributed by atoms with Crippen molar-refractivity contribution in [2.24, 2.45) is 0 Å². The minimum Gasteiger partial charge on any atom is -0.480 e. The van der Waals surface area contributed by atoms with E-state index in [4.69, 9.17) is 9.84 Å². The fourth-order valence-electron chi connectivity index (χ4n) is 1.29. The molecule has 19 heavy (non-hydrogen) atoms. The van der Waals surface area contributed by atoms with Gasteiger partial charge in [-0.1, -0.05) is 16.6 Å². The molecule has 0 spiro atoms. The van der Waals surface area contributed by atoms with E-state index in [1.807, 2.05) is 0 Å². The molecule has 1 aromatic carbocycles. The first-order valence-electron chi connectivity index (χ1n) is 5.19. The SMILES string of the molecule is O=C(O)COc1ccccc1NC(=O)c1csnn1. The first kappa shape index (κ1) is 13.0. The van der Waals surface area contributed by atoms with Crippen LogP contribution in [0.25, 0.3) is 0 Å². The number of benzene rings is 1. The van der Waals surface area contributed by atoms with Crippen molar-refractivity contribution < 1.29 is 19.4 Å². The monoisotopic (exact) mass is 279 g/mol. The highest BCUT2D eigenvalue weighted by Crippen LogP contribution is 2.24. The van der Waals surface area contributed by atoms with E-state index in [0.29, 0.717) is 5.69 Å². The van der Waals surface area contributed by atoms with Gasteiger partial charge in [0.1, 0.15) is 5.75 Å². The highest BCUT2D eigenvalue weighted by molar-refractivity contribution is 7.03. The van der Waals surface area contributed by atoms with E-state index in [0.717, 1.165) is 11.5 Å². The van der Waals surface area contributed by atoms with Crippen LogP contribution in [-0.2, 0) is 4.79 Å². The number of rotatable bonds is 5. The van der Waals surface area contributed by atoms with Gasteiger partial charge in [-0.05, 0) is 23.7 Å². The van der Waals surface area contributed by atoms with Gasteiger partial charge in [0.25, 0.3) is 5.91 Å². The molecule has 2 N–H and O–H groups in total. The summed E-state index contributed by atoms with van der Waals surface area (Å²) in [5.41, 5.74) is 0.569. The third-order valence-corrected chi connectivity index (χ3v) is 2.58. The fourth-order valence-corrected chi connectivity index (χ4v) is 1.72. The van der Waals surface area contributed by atoms with Crippen LogP contribution >= 0.6 is 11.5 Å². The number of hydrogen-bond acceptors (Lipinski definition) is 6. The molecule has 2 rings (SSSR count). The van der Waals surface area contributed by atoms with Crippen molar-refractivity contribution in [1.82, 2.24) is 9.59 Å². The molecule has 0 aliphatic heterocycles. The van der Waals surface area contributed by atoms with E-state index in [2.05, 4.69) is 14.9 Å². The predicted octanol–water partition coefficient (Wildman–Crippen LogP) is 1.25. The Morgan fingerprint density at radius 1 is 1.37 bits per heavy atom. The van der Waals surface area contributed by atoms with Crippen molar-refractivity contribution in [2.75, 3.05) is 11.9 Å². The van der Waals surface area contributed by atoms with Crippen molar-refractivity contribution in [3.63, 3.8) is 0 Å². The fraction of sp³-hybridized carbons (Fsp3) is 0.0909. The molecule has 8 heteroatoms. The number of para-hydroxylation sites is 2. The Morgan fingerprint density at radius 2 is 2.16 bits per heavy atom. The van der Waals surface area contributed by atoms with Gasteiger partial charge in [-0.3, -0.25) is 4.79 Å². The third-order valence-electron chi connectivity index (χ3n) is 2.08. The summed E-state index contributed by atoms with van der Waals surface area (Å²) in [6, 6.07) is 6.55. The maximum atomic E-state index is 11.8. The molecule has 0 radical (unpaired) electrons. The highest BCUT2D eigenvalue weighted by Gasteiger charge is 2.12. The number of nitrogens with one attached hydrogen (secondary N) is 1. The summed E-state index contributed by atoms with van der Waals surface area (Å²) in [5.74, 6) is -1.24. The van der Waals surface area contributed by atoms with E-state index in [9.17, 15) is 9.59 Å². The van der Waals surface area contributed by atoms with Crippen LogP contribution in [-0.4, -0.2) is 33.2 Å². The van der Waals surface area contributed by atoms with E-state index >= 15 is 0 Å². The van der Waals surface area contributed by atoms with Crippen LogP contribution in [0.15, 0.2) is 29.6 Å². The Bertz CT molecular complexity index is 585. The largest absolute Gasteiger partial charge is 0.480 e. The summed E-state index contributed by atoms with van der Waals surface area (Å²) < 4.78 is 8.66. The van der Waals surface area contributed by atoms with E-state index in [-0.39, 0.29) is 11.4 Å². The zero-order valence-corrected chi connectivity index (χ0v) is 10.4. The molecule has 1 aromatic heterocycles. The number of carboxylic acids is 1. The van der Waals surface area contributed by atoms with Crippen LogP contribution < -0.4 is 10.1 Å². The number of anilines is 1. The van der Waals surface area contributed by atoms with Gasteiger partial charge in [-0.25, -0.2) is 4.79 Å². The second-order valence-corrected chi connectivity index (χ2v) is 4.03. The van der Waals surface area contributed by atoms with Crippen LogP contribution in [0.2, 0.25) is 0 Å². The number of carbonyl (C=O) groups excluding carboxylic acids is 1. The third kappa shape index (κ3) is 3.49. The molecule has 1 heterocycles. The highest BCUT2D eigenvalue weighted by atomic mass is 32.1. The van der Waals surface area contributed by atoms with Gasteiger partial charge in [-0.2, -0.15) is 0 Å². The van der Waals surface area contributed by atoms with Crippen molar-refractivity contribution in [2.45, 2.75) is 0 Å². The van der Waals surface area contributed by atoms with Crippen LogP contribution in [0.4, 0.5) is 5.69 Å². The Labute approximate surface area is 112 Å². The lowest BCUT2D eigenvalue weighted by Crippen LogP contribution is -2.15. The summed E-state index contributed by atoms with van der Waals surface area (Å²) in [6.45, 7) is -0.481. The van der Waals surface area contributed by atoms with E-state index in [1.165, 1.54) is 5.38 Å². The van der Waals surface area contributed by atoms with Crippen molar-refractivity contribution in [3.05, 3.63) is 35.3 Å². The Hall–Kier alpha value is -2.48. The molecule has 0 bridgehead atoms. The number of carboxylic acid groups (broad SMARTS) is 1. The topological polar surface area (TPSA) is 101 Å². The van der Waals surface area contributed by atoms with Crippen LogP contribution in [0.5, 0.6) is 5.75 Å². The first-order valence-corrected chi connectivity index (χ1v) is 6.02. The lowest BCUT2D eigenvalue weighted by atomic mass is 10.3. The average molecular weight is 279 g/mol. The predicted molar refractivity (Wildman–Crippen MR) is 67.4 cm³/mol. The molecule has 0 aliphatic carbocycles. The molecule has 0 atom stereocenters. The number of amides is 1. The molecule has 0 saturated carbocycles. The zero-order chi connectivity index (χ0) is 13.7. The maximum absolute atomic E-state index is 11.8. The van der Waals surface area contributed by atoms with Crippen LogP contribution in [0.3, 0.4) is 0 Å². The second kappa shape index (κ2) is 5.91. The maximum Gasteiger partial charge on any atom is 0.341 e. The van der Waals surface area contributed by atoms with Crippen molar-refractivity contribution in [1.29, 1.82) is 0 Å². The number of nitrogens with zero attached hydrogens (tertiary/aromatic N) is 2. The normalized spacial score (nSPS) is 9.89. The van der Waals surface area contributed by atoms with Gasteiger partial charge < -0.3 is 15.2 Å². The molecule has 0 unspecified atom stereocenters. The van der Waals surface area contributed by atoms with E-state index in [1.54, 1.807) is 24.3 Å². The molecule has 1 amide bonds. The van der Waals surface area contributed by atoms with Gasteiger partial charge in [0.2, 0.25) is 0 Å². The summed E-state index contributed by atoms with van der Waals surface area (Å²) in [4.78, 5) is 22.3. The number of aliphatic carboxylic acids is 1. The van der Waals surface area contributed by atoms with Gasteiger partial charge in [0.05, 0.1) is 5.69 Å². The lowest BCUT2D eigenvalue weighted by molar-refractivity contribution is -0.139. The molecule has 7 nitrogen and oxygen atoms in total. The van der Waals surface area contributed by atoms with E-state index < -0.39 is 18.5 Å². The van der Waals surface area contributed by atoms with Crippen molar-refractivity contribution in [3.8, 4) is 5.75 Å². The average Bonchev–Trinajstić information content (AvgIpc) is 2.91. The van der Waals surface area contributed by atoms with Gasteiger partial charge in [0.15, 0.2) is 12.3 Å². The van der Waals surface area contributed by atoms with Crippen LogP contribution in [0.1, 0.15) is 10.5 Å². The molecule has 0 saturated heterocycles. The smallest absolute Gasteiger partial charge is 0.341 e. The van der Waals surface area contributed by atoms with Gasteiger partial charge in [-0.15, -0.1) is 5.10 Å². The molecular formula is C11H9N3O4S. The van der Waals surface area contributed by atoms with Gasteiger partial charge in [0, 0.05) is 5.38 Å².